The summed E-state index contributed by atoms with van der Waals surface area (Å²) in [5.74, 6) is -0.477. The molecule has 0 N–H and O–H groups in total. The van der Waals surface area contributed by atoms with Crippen molar-refractivity contribution >= 4 is 12.0 Å². The monoisotopic (exact) mass is 348 g/mol. The third-order valence-corrected chi connectivity index (χ3v) is 3.37. The van der Waals surface area contributed by atoms with Crippen LogP contribution in [0.2, 0.25) is 0 Å². The Labute approximate surface area is 144 Å². The topological polar surface area (TPSA) is 26.3 Å². The second kappa shape index (κ2) is 6.75. The fourth-order valence-electron chi connectivity index (χ4n) is 2.24. The van der Waals surface area contributed by atoms with Gasteiger partial charge in [-0.1, -0.05) is 24.8 Å². The maximum atomic E-state index is 13.0. The Morgan fingerprint density at radius 2 is 1.60 bits per heavy atom. The van der Waals surface area contributed by atoms with Crippen LogP contribution in [0.5, 0.6) is 0 Å². The van der Waals surface area contributed by atoms with Gasteiger partial charge in [-0.2, -0.15) is 13.2 Å². The van der Waals surface area contributed by atoms with Crippen LogP contribution in [0.4, 0.5) is 13.2 Å². The lowest BCUT2D eigenvalue weighted by Gasteiger charge is -2.19. The fourth-order valence-corrected chi connectivity index (χ4v) is 2.24. The van der Waals surface area contributed by atoms with E-state index >= 15 is 0 Å². The summed E-state index contributed by atoms with van der Waals surface area (Å²) in [7, 11) is 0. The third kappa shape index (κ3) is 4.95. The highest BCUT2D eigenvalue weighted by Gasteiger charge is 2.31. The van der Waals surface area contributed by atoms with Crippen molar-refractivity contribution in [3.05, 3.63) is 65.7 Å². The quantitative estimate of drug-likeness (QED) is 0.639. The Hall–Kier alpha value is -2.56. The summed E-state index contributed by atoms with van der Waals surface area (Å²) >= 11 is 0. The molecule has 132 valence electrons. The molecule has 0 unspecified atom stereocenters. The zero-order valence-electron chi connectivity index (χ0n) is 14.3. The van der Waals surface area contributed by atoms with E-state index in [4.69, 9.17) is 4.74 Å². The molecule has 0 amide bonds. The van der Waals surface area contributed by atoms with Gasteiger partial charge in [-0.05, 0) is 67.8 Å². The predicted molar refractivity (Wildman–Crippen MR) is 92.1 cm³/mol. The summed E-state index contributed by atoms with van der Waals surface area (Å²) in [4.78, 5) is 12.0. The predicted octanol–water partition coefficient (Wildman–Crippen LogP) is 5.97. The Morgan fingerprint density at radius 1 is 1.00 bits per heavy atom. The van der Waals surface area contributed by atoms with Gasteiger partial charge in [-0.15, -0.1) is 0 Å². The standard InChI is InChI=1S/C20H19F3O2/c1-5-13-10-16(12-17(11-13)20(21,22)23)14-6-8-15(9-7-14)18(24)25-19(2,3)4/h5-12H,1H2,2-4H3. The van der Waals surface area contributed by atoms with Crippen LogP contribution in [0.1, 0.15) is 42.3 Å². The normalized spacial score (nSPS) is 11.9. The molecule has 0 fully saturated rings. The molecule has 0 radical (unpaired) electrons. The number of hydrogen-bond donors (Lipinski definition) is 0. The largest absolute Gasteiger partial charge is 0.456 e. The van der Waals surface area contributed by atoms with E-state index in [9.17, 15) is 18.0 Å². The first-order valence-electron chi connectivity index (χ1n) is 7.68. The number of carbonyl (C=O) groups is 1. The van der Waals surface area contributed by atoms with E-state index in [-0.39, 0.29) is 0 Å². The fraction of sp³-hybridized carbons (Fsp3) is 0.250. The number of alkyl halides is 3. The minimum atomic E-state index is -4.44. The maximum absolute atomic E-state index is 13.0. The van der Waals surface area contributed by atoms with E-state index < -0.39 is 23.3 Å². The summed E-state index contributed by atoms with van der Waals surface area (Å²) in [6.07, 6.45) is -3.07. The molecule has 0 saturated carbocycles. The molecule has 2 aromatic rings. The van der Waals surface area contributed by atoms with Crippen LogP contribution in [-0.2, 0) is 10.9 Å². The van der Waals surface area contributed by atoms with Crippen molar-refractivity contribution in [2.75, 3.05) is 0 Å². The van der Waals surface area contributed by atoms with Crippen molar-refractivity contribution in [2.45, 2.75) is 32.5 Å². The molecule has 0 aromatic heterocycles. The SMILES string of the molecule is C=Cc1cc(-c2ccc(C(=O)OC(C)(C)C)cc2)cc(C(F)(F)F)c1. The minimum Gasteiger partial charge on any atom is -0.456 e. The van der Waals surface area contributed by atoms with Gasteiger partial charge in [0.1, 0.15) is 5.60 Å². The lowest BCUT2D eigenvalue weighted by atomic mass is 9.98. The van der Waals surface area contributed by atoms with Gasteiger partial charge in [-0.3, -0.25) is 0 Å². The first kappa shape index (κ1) is 18.8. The average molecular weight is 348 g/mol. The summed E-state index contributed by atoms with van der Waals surface area (Å²) in [6, 6.07) is 10.0. The molecule has 0 atom stereocenters. The molecule has 0 spiro atoms. The summed E-state index contributed by atoms with van der Waals surface area (Å²) in [6.45, 7) is 8.82. The molecule has 0 bridgehead atoms. The second-order valence-corrected chi connectivity index (χ2v) is 6.62. The lowest BCUT2D eigenvalue weighted by Crippen LogP contribution is -2.23. The summed E-state index contributed by atoms with van der Waals surface area (Å²) in [5, 5.41) is 0. The third-order valence-electron chi connectivity index (χ3n) is 3.37. The van der Waals surface area contributed by atoms with Crippen molar-refractivity contribution in [1.82, 2.24) is 0 Å². The molecular formula is C20H19F3O2. The van der Waals surface area contributed by atoms with Crippen LogP contribution in [-0.4, -0.2) is 11.6 Å². The molecule has 2 nitrogen and oxygen atoms in total. The first-order chi connectivity index (χ1) is 11.5. The minimum absolute atomic E-state index is 0.342. The average Bonchev–Trinajstić information content (AvgIpc) is 2.52. The molecule has 0 aliphatic rings. The number of esters is 1. The number of carbonyl (C=O) groups excluding carboxylic acids is 1. The van der Waals surface area contributed by atoms with Gasteiger partial charge in [0.25, 0.3) is 0 Å². The molecule has 0 saturated heterocycles. The van der Waals surface area contributed by atoms with Gasteiger partial charge >= 0.3 is 12.1 Å². The highest BCUT2D eigenvalue weighted by Crippen LogP contribution is 2.34. The highest BCUT2D eigenvalue weighted by atomic mass is 19.4. The Morgan fingerprint density at radius 3 is 2.08 bits per heavy atom. The Kier molecular flexibility index (Phi) is 5.07. The molecule has 5 heteroatoms. The van der Waals surface area contributed by atoms with Gasteiger partial charge in [0.2, 0.25) is 0 Å². The van der Waals surface area contributed by atoms with E-state index in [2.05, 4.69) is 6.58 Å². The molecule has 25 heavy (non-hydrogen) atoms. The number of rotatable bonds is 3. The molecule has 0 aliphatic heterocycles. The highest BCUT2D eigenvalue weighted by molar-refractivity contribution is 5.90. The van der Waals surface area contributed by atoms with E-state index in [1.165, 1.54) is 18.2 Å². The number of halogens is 3. The van der Waals surface area contributed by atoms with Crippen molar-refractivity contribution in [3.8, 4) is 11.1 Å². The molecular weight excluding hydrogens is 329 g/mol. The van der Waals surface area contributed by atoms with Crippen LogP contribution in [0.25, 0.3) is 17.2 Å². The van der Waals surface area contributed by atoms with Gasteiger partial charge in [0.05, 0.1) is 11.1 Å². The zero-order valence-corrected chi connectivity index (χ0v) is 14.3. The summed E-state index contributed by atoms with van der Waals surface area (Å²) in [5.41, 5.74) is 0.337. The van der Waals surface area contributed by atoms with E-state index in [0.29, 0.717) is 22.3 Å². The van der Waals surface area contributed by atoms with E-state index in [1.54, 1.807) is 39.0 Å². The second-order valence-electron chi connectivity index (χ2n) is 6.62. The van der Waals surface area contributed by atoms with Crippen molar-refractivity contribution in [2.24, 2.45) is 0 Å². The van der Waals surface area contributed by atoms with Crippen LogP contribution in [0, 0.1) is 0 Å². The molecule has 2 rings (SSSR count). The number of benzene rings is 2. The Bertz CT molecular complexity index is 782. The number of ether oxygens (including phenoxy) is 1. The number of hydrogen-bond acceptors (Lipinski definition) is 2. The van der Waals surface area contributed by atoms with Crippen molar-refractivity contribution < 1.29 is 22.7 Å². The van der Waals surface area contributed by atoms with Crippen LogP contribution >= 0.6 is 0 Å². The zero-order chi connectivity index (χ0) is 18.8. The van der Waals surface area contributed by atoms with E-state index in [1.807, 2.05) is 0 Å². The van der Waals surface area contributed by atoms with Crippen molar-refractivity contribution in [3.63, 3.8) is 0 Å². The van der Waals surface area contributed by atoms with Crippen LogP contribution in [0.15, 0.2) is 49.0 Å². The van der Waals surface area contributed by atoms with Gasteiger partial charge in [-0.25, -0.2) is 4.79 Å². The van der Waals surface area contributed by atoms with Gasteiger partial charge in [0.15, 0.2) is 0 Å². The van der Waals surface area contributed by atoms with Crippen LogP contribution in [0.3, 0.4) is 0 Å². The lowest BCUT2D eigenvalue weighted by molar-refractivity contribution is -0.137. The van der Waals surface area contributed by atoms with Crippen molar-refractivity contribution in [1.29, 1.82) is 0 Å². The van der Waals surface area contributed by atoms with Gasteiger partial charge in [0, 0.05) is 0 Å². The maximum Gasteiger partial charge on any atom is 0.416 e. The molecule has 0 heterocycles. The molecule has 0 aliphatic carbocycles. The Balaban J connectivity index is 2.37. The molecule has 2 aromatic carbocycles. The van der Waals surface area contributed by atoms with E-state index in [0.717, 1.165) is 12.1 Å². The van der Waals surface area contributed by atoms with Crippen LogP contribution < -0.4 is 0 Å². The van der Waals surface area contributed by atoms with Gasteiger partial charge < -0.3 is 4.74 Å². The summed E-state index contributed by atoms with van der Waals surface area (Å²) < 4.78 is 44.4. The smallest absolute Gasteiger partial charge is 0.416 e. The first-order valence-corrected chi connectivity index (χ1v) is 7.68.